The summed E-state index contributed by atoms with van der Waals surface area (Å²) < 4.78 is 5.60. The summed E-state index contributed by atoms with van der Waals surface area (Å²) in [6.07, 6.45) is 1.91. The highest BCUT2D eigenvalue weighted by Crippen LogP contribution is 2.22. The molecular weight excluding hydrogens is 274 g/mol. The highest BCUT2D eigenvalue weighted by molar-refractivity contribution is 7.99. The van der Waals surface area contributed by atoms with Gasteiger partial charge in [0, 0.05) is 11.3 Å². The average Bonchev–Trinajstić information content (AvgIpc) is 2.39. The van der Waals surface area contributed by atoms with E-state index in [1.165, 1.54) is 11.8 Å². The smallest absolute Gasteiger partial charge is 0.258 e. The van der Waals surface area contributed by atoms with Crippen molar-refractivity contribution in [1.82, 2.24) is 5.32 Å². The lowest BCUT2D eigenvalue weighted by Gasteiger charge is -2.21. The Labute approximate surface area is 124 Å². The predicted molar refractivity (Wildman–Crippen MR) is 83.4 cm³/mol. The van der Waals surface area contributed by atoms with Gasteiger partial charge in [-0.25, -0.2) is 0 Å². The number of nitrogens with one attached hydrogen (secondary N) is 1. The Morgan fingerprint density at radius 2 is 2.00 bits per heavy atom. The maximum Gasteiger partial charge on any atom is 0.258 e. The molecule has 0 aliphatic carbocycles. The van der Waals surface area contributed by atoms with Crippen LogP contribution in [0, 0.1) is 13.8 Å². The number of ether oxygens (including phenoxy) is 1. The minimum atomic E-state index is -0.173. The van der Waals surface area contributed by atoms with Crippen LogP contribution in [0.25, 0.3) is 0 Å². The van der Waals surface area contributed by atoms with E-state index in [4.69, 9.17) is 4.74 Å². The first-order valence-corrected chi connectivity index (χ1v) is 7.90. The Hall–Kier alpha value is -1.20. The lowest BCUT2D eigenvalue weighted by atomic mass is 10.1. The number of aliphatic hydroxyl groups is 1. The molecule has 2 N–H and O–H groups in total. The minimum Gasteiger partial charge on any atom is -0.483 e. The van der Waals surface area contributed by atoms with Crippen LogP contribution in [0.4, 0.5) is 0 Å². The molecule has 0 radical (unpaired) electrons. The molecule has 20 heavy (non-hydrogen) atoms. The molecule has 1 rings (SSSR count). The van der Waals surface area contributed by atoms with Crippen LogP contribution >= 0.6 is 11.8 Å². The molecule has 0 saturated heterocycles. The van der Waals surface area contributed by atoms with Crippen LogP contribution in [0.5, 0.6) is 5.75 Å². The van der Waals surface area contributed by atoms with Gasteiger partial charge in [-0.2, -0.15) is 11.8 Å². The number of thioether (sulfide) groups is 1. The monoisotopic (exact) mass is 297 g/mol. The first kappa shape index (κ1) is 16.9. The van der Waals surface area contributed by atoms with E-state index >= 15 is 0 Å². The number of aliphatic hydroxyl groups excluding tert-OH is 1. The predicted octanol–water partition coefficient (Wildman–Crippen LogP) is 1.91. The van der Waals surface area contributed by atoms with Gasteiger partial charge in [-0.15, -0.1) is 0 Å². The zero-order chi connectivity index (χ0) is 15.1. The Balaban J connectivity index is 2.52. The van der Waals surface area contributed by atoms with Crippen LogP contribution in [0.2, 0.25) is 0 Å². The van der Waals surface area contributed by atoms with Gasteiger partial charge in [-0.3, -0.25) is 4.79 Å². The summed E-state index contributed by atoms with van der Waals surface area (Å²) in [4.78, 5) is 11.9. The van der Waals surface area contributed by atoms with E-state index in [0.29, 0.717) is 0 Å². The van der Waals surface area contributed by atoms with Gasteiger partial charge in [0.2, 0.25) is 0 Å². The normalized spacial score (nSPS) is 13.7. The molecule has 0 aromatic heterocycles. The zero-order valence-corrected chi connectivity index (χ0v) is 13.3. The SMILES string of the molecule is CSC(CO)C(C)NC(=O)COc1c(C)cccc1C. The number of aryl methyl sites for hydroxylation is 2. The lowest BCUT2D eigenvalue weighted by Crippen LogP contribution is -2.43. The summed E-state index contributed by atoms with van der Waals surface area (Å²) in [6, 6.07) is 5.78. The second-order valence-electron chi connectivity index (χ2n) is 4.82. The third-order valence-corrected chi connectivity index (χ3v) is 4.35. The van der Waals surface area contributed by atoms with E-state index in [9.17, 15) is 9.90 Å². The largest absolute Gasteiger partial charge is 0.483 e. The first-order chi connectivity index (χ1) is 9.49. The standard InChI is InChI=1S/C15H23NO3S/c1-10-6-5-7-11(2)15(10)19-9-14(18)16-12(3)13(8-17)20-4/h5-7,12-13,17H,8-9H2,1-4H3,(H,16,18). The topological polar surface area (TPSA) is 58.6 Å². The fourth-order valence-electron chi connectivity index (χ4n) is 1.99. The Morgan fingerprint density at radius 3 is 2.50 bits per heavy atom. The number of carbonyl (C=O) groups excluding carboxylic acids is 1. The molecule has 5 heteroatoms. The molecule has 0 saturated carbocycles. The Kier molecular flexibility index (Phi) is 6.88. The van der Waals surface area contributed by atoms with E-state index in [2.05, 4.69) is 5.32 Å². The van der Waals surface area contributed by atoms with Gasteiger partial charge in [-0.05, 0) is 38.2 Å². The van der Waals surface area contributed by atoms with Crippen LogP contribution in [0.15, 0.2) is 18.2 Å². The van der Waals surface area contributed by atoms with Crippen LogP contribution in [0.3, 0.4) is 0 Å². The average molecular weight is 297 g/mol. The van der Waals surface area contributed by atoms with Crippen LogP contribution in [0.1, 0.15) is 18.1 Å². The third-order valence-electron chi connectivity index (χ3n) is 3.19. The van der Waals surface area contributed by atoms with Gasteiger partial charge in [-0.1, -0.05) is 18.2 Å². The van der Waals surface area contributed by atoms with Crippen LogP contribution < -0.4 is 10.1 Å². The molecule has 4 nitrogen and oxygen atoms in total. The van der Waals surface area contributed by atoms with Crippen molar-refractivity contribution in [2.24, 2.45) is 0 Å². The summed E-state index contributed by atoms with van der Waals surface area (Å²) in [5.74, 6) is 0.589. The highest BCUT2D eigenvalue weighted by atomic mass is 32.2. The van der Waals surface area contributed by atoms with E-state index in [1.807, 2.05) is 45.2 Å². The molecule has 0 bridgehead atoms. The first-order valence-electron chi connectivity index (χ1n) is 6.61. The van der Waals surface area contributed by atoms with Crippen molar-refractivity contribution >= 4 is 17.7 Å². The molecule has 0 spiro atoms. The molecule has 0 aliphatic heterocycles. The molecule has 0 aliphatic rings. The van der Waals surface area contributed by atoms with Crippen molar-refractivity contribution in [3.8, 4) is 5.75 Å². The van der Waals surface area contributed by atoms with Crippen molar-refractivity contribution in [2.75, 3.05) is 19.5 Å². The second kappa shape index (κ2) is 8.17. The van der Waals surface area contributed by atoms with Crippen LogP contribution in [-0.4, -0.2) is 41.8 Å². The van der Waals surface area contributed by atoms with Crippen molar-refractivity contribution in [1.29, 1.82) is 0 Å². The summed E-state index contributed by atoms with van der Waals surface area (Å²) in [5.41, 5.74) is 2.03. The number of para-hydroxylation sites is 1. The van der Waals surface area contributed by atoms with Gasteiger partial charge in [0.15, 0.2) is 6.61 Å². The maximum atomic E-state index is 11.9. The number of amides is 1. The number of hydrogen-bond acceptors (Lipinski definition) is 4. The fourth-order valence-corrected chi connectivity index (χ4v) is 2.62. The quantitative estimate of drug-likeness (QED) is 0.807. The number of benzene rings is 1. The molecule has 2 unspecified atom stereocenters. The van der Waals surface area contributed by atoms with Crippen molar-refractivity contribution < 1.29 is 14.6 Å². The molecule has 2 atom stereocenters. The van der Waals surface area contributed by atoms with E-state index in [0.717, 1.165) is 16.9 Å². The van der Waals surface area contributed by atoms with Gasteiger partial charge in [0.1, 0.15) is 5.75 Å². The fraction of sp³-hybridized carbons (Fsp3) is 0.533. The van der Waals surface area contributed by atoms with E-state index in [1.54, 1.807) is 0 Å². The minimum absolute atomic E-state index is 0.000789. The summed E-state index contributed by atoms with van der Waals surface area (Å²) in [6.45, 7) is 5.83. The van der Waals surface area contributed by atoms with Gasteiger partial charge < -0.3 is 15.2 Å². The van der Waals surface area contributed by atoms with Gasteiger partial charge in [0.25, 0.3) is 5.91 Å². The Morgan fingerprint density at radius 1 is 1.40 bits per heavy atom. The van der Waals surface area contributed by atoms with Crippen molar-refractivity contribution in [3.63, 3.8) is 0 Å². The van der Waals surface area contributed by atoms with Crippen molar-refractivity contribution in [2.45, 2.75) is 32.1 Å². The Bertz CT molecular complexity index is 426. The molecular formula is C15H23NO3S. The van der Waals surface area contributed by atoms with Gasteiger partial charge >= 0.3 is 0 Å². The molecule has 112 valence electrons. The van der Waals surface area contributed by atoms with E-state index < -0.39 is 0 Å². The molecule has 1 aromatic carbocycles. The number of rotatable bonds is 7. The third kappa shape index (κ3) is 4.72. The van der Waals surface area contributed by atoms with E-state index in [-0.39, 0.29) is 30.4 Å². The van der Waals surface area contributed by atoms with Gasteiger partial charge in [0.05, 0.1) is 6.61 Å². The lowest BCUT2D eigenvalue weighted by molar-refractivity contribution is -0.123. The molecule has 1 aromatic rings. The second-order valence-corrected chi connectivity index (χ2v) is 5.90. The number of carbonyl (C=O) groups is 1. The highest BCUT2D eigenvalue weighted by Gasteiger charge is 2.17. The number of hydrogen-bond donors (Lipinski definition) is 2. The maximum absolute atomic E-state index is 11.9. The summed E-state index contributed by atoms with van der Waals surface area (Å²) in [7, 11) is 0. The summed E-state index contributed by atoms with van der Waals surface area (Å²) >= 11 is 1.53. The molecule has 0 fully saturated rings. The van der Waals surface area contributed by atoms with Crippen molar-refractivity contribution in [3.05, 3.63) is 29.3 Å². The van der Waals surface area contributed by atoms with Crippen LogP contribution in [-0.2, 0) is 4.79 Å². The molecule has 1 amide bonds. The zero-order valence-electron chi connectivity index (χ0n) is 12.5. The summed E-state index contributed by atoms with van der Waals surface area (Å²) in [5, 5.41) is 12.0. The molecule has 0 heterocycles.